The molecule has 1 aliphatic heterocycles. The van der Waals surface area contributed by atoms with E-state index in [1.54, 1.807) is 22.7 Å². The van der Waals surface area contributed by atoms with E-state index in [-0.39, 0.29) is 5.91 Å². The molecule has 1 aliphatic carbocycles. The highest BCUT2D eigenvalue weighted by Crippen LogP contribution is 2.30. The average molecular weight is 328 g/mol. The Balaban J connectivity index is 1.51. The molecule has 0 fully saturated rings. The summed E-state index contributed by atoms with van der Waals surface area (Å²) in [6, 6.07) is 2.14. The zero-order valence-corrected chi connectivity index (χ0v) is 14.0. The van der Waals surface area contributed by atoms with Gasteiger partial charge in [0.05, 0.1) is 10.7 Å². The summed E-state index contributed by atoms with van der Waals surface area (Å²) in [5.74, 6) is 0.176. The summed E-state index contributed by atoms with van der Waals surface area (Å²) in [5, 5.41) is 5.24. The minimum absolute atomic E-state index is 0.176. The molecule has 0 saturated heterocycles. The van der Waals surface area contributed by atoms with Crippen LogP contribution in [-0.2, 0) is 17.8 Å². The van der Waals surface area contributed by atoms with Gasteiger partial charge in [-0.1, -0.05) is 6.08 Å². The summed E-state index contributed by atoms with van der Waals surface area (Å²) in [7, 11) is 0. The van der Waals surface area contributed by atoms with E-state index in [2.05, 4.69) is 27.9 Å². The van der Waals surface area contributed by atoms with Crippen molar-refractivity contribution in [2.75, 3.05) is 6.54 Å². The lowest BCUT2D eigenvalue weighted by molar-refractivity contribution is -0.128. The van der Waals surface area contributed by atoms with Crippen LogP contribution in [0.4, 0.5) is 0 Å². The smallest absolute Gasteiger partial charge is 0.250 e. The number of aromatic nitrogens is 1. The number of aryl methyl sites for hydroxylation is 1. The van der Waals surface area contributed by atoms with Crippen molar-refractivity contribution in [3.05, 3.63) is 55.7 Å². The second-order valence-electron chi connectivity index (χ2n) is 5.63. The maximum Gasteiger partial charge on any atom is 0.250 e. The highest BCUT2D eigenvalue weighted by atomic mass is 32.1. The number of hydrogen-bond acceptors (Lipinski definition) is 4. The molecule has 3 nitrogen and oxygen atoms in total. The monoisotopic (exact) mass is 328 g/mol. The highest BCUT2D eigenvalue weighted by molar-refractivity contribution is 7.10. The van der Waals surface area contributed by atoms with Crippen molar-refractivity contribution >= 4 is 34.2 Å². The second-order valence-corrected chi connectivity index (χ2v) is 7.69. The van der Waals surface area contributed by atoms with Gasteiger partial charge in [-0.15, -0.1) is 22.7 Å². The number of allylic oxidation sites excluding steroid dienone is 3. The zero-order valence-electron chi connectivity index (χ0n) is 12.3. The number of amides is 1. The maximum atomic E-state index is 12.7. The summed E-state index contributed by atoms with van der Waals surface area (Å²) in [6.07, 6.45) is 5.83. The summed E-state index contributed by atoms with van der Waals surface area (Å²) in [5.41, 5.74) is 4.27. The van der Waals surface area contributed by atoms with Gasteiger partial charge >= 0.3 is 0 Å². The van der Waals surface area contributed by atoms with Crippen molar-refractivity contribution in [1.82, 2.24) is 9.88 Å². The van der Waals surface area contributed by atoms with E-state index in [1.165, 1.54) is 10.4 Å². The largest absolute Gasteiger partial charge is 0.334 e. The molecule has 4 rings (SSSR count). The first kappa shape index (κ1) is 13.9. The molecular formula is C17H16N2OS2. The Morgan fingerprint density at radius 2 is 2.27 bits per heavy atom. The van der Waals surface area contributed by atoms with Gasteiger partial charge in [0.15, 0.2) is 0 Å². The van der Waals surface area contributed by atoms with E-state index < -0.39 is 0 Å². The Labute approximate surface area is 137 Å². The Morgan fingerprint density at radius 3 is 3.09 bits per heavy atom. The molecule has 0 atom stereocenters. The van der Waals surface area contributed by atoms with Crippen molar-refractivity contribution < 1.29 is 4.79 Å². The van der Waals surface area contributed by atoms with Crippen molar-refractivity contribution in [3.8, 4) is 0 Å². The predicted molar refractivity (Wildman–Crippen MR) is 91.0 cm³/mol. The fourth-order valence-corrected chi connectivity index (χ4v) is 4.49. The van der Waals surface area contributed by atoms with Gasteiger partial charge in [-0.25, -0.2) is 4.98 Å². The molecule has 0 unspecified atom stereocenters. The lowest BCUT2D eigenvalue weighted by Crippen LogP contribution is -2.36. The number of nitrogens with zero attached hydrogens (tertiary/aromatic N) is 2. The van der Waals surface area contributed by atoms with Gasteiger partial charge in [-0.05, 0) is 48.4 Å². The number of hydrogen-bond donors (Lipinski definition) is 0. The number of fused-ring (bicyclic) bond motifs is 1. The number of carbonyl (C=O) groups excluding carboxylic acids is 1. The third kappa shape index (κ3) is 2.44. The molecule has 2 aromatic rings. The van der Waals surface area contributed by atoms with E-state index in [1.807, 2.05) is 17.9 Å². The summed E-state index contributed by atoms with van der Waals surface area (Å²) in [6.45, 7) is 3.58. The van der Waals surface area contributed by atoms with Crippen LogP contribution in [0.3, 0.4) is 0 Å². The van der Waals surface area contributed by atoms with E-state index in [0.29, 0.717) is 0 Å². The van der Waals surface area contributed by atoms with Crippen LogP contribution in [0.1, 0.15) is 27.6 Å². The third-order valence-electron chi connectivity index (χ3n) is 4.16. The van der Waals surface area contributed by atoms with E-state index in [0.717, 1.165) is 47.8 Å². The minimum Gasteiger partial charge on any atom is -0.334 e. The molecule has 5 heteroatoms. The molecule has 0 saturated carbocycles. The van der Waals surface area contributed by atoms with Gasteiger partial charge in [0.2, 0.25) is 5.91 Å². The standard InChI is InChI=1S/C17H16N2OS2/c1-11-18-15(10-22-11)12-2-3-13(8-12)17(20)19-6-4-16-14(9-19)5-7-21-16/h2,5,7-8,10H,3-4,6,9H2,1H3. The van der Waals surface area contributed by atoms with Crippen LogP contribution >= 0.6 is 22.7 Å². The van der Waals surface area contributed by atoms with Crippen LogP contribution in [0.5, 0.6) is 0 Å². The van der Waals surface area contributed by atoms with Crippen molar-refractivity contribution in [3.63, 3.8) is 0 Å². The van der Waals surface area contributed by atoms with Gasteiger partial charge in [0.1, 0.15) is 0 Å². The molecule has 1 amide bonds. The van der Waals surface area contributed by atoms with Crippen LogP contribution in [0.15, 0.2) is 34.6 Å². The van der Waals surface area contributed by atoms with Crippen molar-refractivity contribution in [2.24, 2.45) is 0 Å². The van der Waals surface area contributed by atoms with Crippen LogP contribution in [-0.4, -0.2) is 22.3 Å². The summed E-state index contributed by atoms with van der Waals surface area (Å²) < 4.78 is 0. The first-order valence-corrected chi connectivity index (χ1v) is 9.14. The van der Waals surface area contributed by atoms with Crippen LogP contribution in [0.2, 0.25) is 0 Å². The van der Waals surface area contributed by atoms with Gasteiger partial charge in [-0.2, -0.15) is 0 Å². The Bertz CT molecular complexity index is 797. The number of thiophene rings is 1. The summed E-state index contributed by atoms with van der Waals surface area (Å²) >= 11 is 3.45. The van der Waals surface area contributed by atoms with E-state index in [4.69, 9.17) is 0 Å². The number of thiazole rings is 1. The fourth-order valence-electron chi connectivity index (χ4n) is 2.97. The Kier molecular flexibility index (Phi) is 3.47. The summed E-state index contributed by atoms with van der Waals surface area (Å²) in [4.78, 5) is 20.6. The fraction of sp³-hybridized carbons (Fsp3) is 0.294. The second kappa shape index (κ2) is 5.48. The molecule has 0 N–H and O–H groups in total. The molecular weight excluding hydrogens is 312 g/mol. The molecule has 2 aliphatic rings. The first-order chi connectivity index (χ1) is 10.7. The third-order valence-corrected chi connectivity index (χ3v) is 5.95. The van der Waals surface area contributed by atoms with Crippen LogP contribution in [0.25, 0.3) is 5.57 Å². The minimum atomic E-state index is 0.176. The molecule has 0 bridgehead atoms. The SMILES string of the molecule is Cc1nc(C2=CCC(C(=O)N3CCc4sccc4C3)=C2)cs1. The number of carbonyl (C=O) groups is 1. The molecule has 0 radical (unpaired) electrons. The van der Waals surface area contributed by atoms with Crippen molar-refractivity contribution in [1.29, 1.82) is 0 Å². The molecule has 0 aromatic carbocycles. The first-order valence-electron chi connectivity index (χ1n) is 7.38. The normalized spacial score (nSPS) is 17.2. The topological polar surface area (TPSA) is 33.2 Å². The van der Waals surface area contributed by atoms with E-state index >= 15 is 0 Å². The number of rotatable bonds is 2. The molecule has 22 heavy (non-hydrogen) atoms. The Hall–Kier alpha value is -1.72. The van der Waals surface area contributed by atoms with Gasteiger partial charge < -0.3 is 4.90 Å². The molecule has 3 heterocycles. The van der Waals surface area contributed by atoms with Gasteiger partial charge in [0.25, 0.3) is 0 Å². The predicted octanol–water partition coefficient (Wildman–Crippen LogP) is 3.81. The Morgan fingerprint density at radius 1 is 1.36 bits per heavy atom. The van der Waals surface area contributed by atoms with Gasteiger partial charge in [0, 0.05) is 28.9 Å². The zero-order chi connectivity index (χ0) is 15.1. The van der Waals surface area contributed by atoms with Gasteiger partial charge in [-0.3, -0.25) is 4.79 Å². The average Bonchev–Trinajstić information content (AvgIpc) is 3.25. The molecule has 2 aromatic heterocycles. The lowest BCUT2D eigenvalue weighted by Gasteiger charge is -2.27. The van der Waals surface area contributed by atoms with Crippen LogP contribution in [0, 0.1) is 6.92 Å². The van der Waals surface area contributed by atoms with Crippen LogP contribution < -0.4 is 0 Å². The lowest BCUT2D eigenvalue weighted by atomic mass is 10.1. The van der Waals surface area contributed by atoms with E-state index in [9.17, 15) is 4.79 Å². The molecule has 112 valence electrons. The quantitative estimate of drug-likeness (QED) is 0.840. The highest BCUT2D eigenvalue weighted by Gasteiger charge is 2.25. The molecule has 0 spiro atoms. The van der Waals surface area contributed by atoms with Crippen molar-refractivity contribution in [2.45, 2.75) is 26.3 Å². The maximum absolute atomic E-state index is 12.7.